The van der Waals surface area contributed by atoms with Gasteiger partial charge in [-0.05, 0) is 56.6 Å². The van der Waals surface area contributed by atoms with Crippen molar-refractivity contribution in [3.63, 3.8) is 0 Å². The van der Waals surface area contributed by atoms with Crippen molar-refractivity contribution in [2.75, 3.05) is 14.2 Å². The van der Waals surface area contributed by atoms with Crippen molar-refractivity contribution in [3.8, 4) is 11.5 Å². The monoisotopic (exact) mass is 487 g/mol. The molecular weight excluding hydrogens is 454 g/mol. The van der Waals surface area contributed by atoms with E-state index in [-0.39, 0.29) is 23.8 Å². The first-order chi connectivity index (χ1) is 17.5. The summed E-state index contributed by atoms with van der Waals surface area (Å²) in [6.07, 6.45) is 4.89. The van der Waals surface area contributed by atoms with E-state index in [0.29, 0.717) is 41.2 Å². The van der Waals surface area contributed by atoms with Crippen LogP contribution in [0.15, 0.2) is 71.1 Å². The molecule has 6 nitrogen and oxygen atoms in total. The Bertz CT molecular complexity index is 1220. The van der Waals surface area contributed by atoms with Gasteiger partial charge in [0.25, 0.3) is 0 Å². The number of ether oxygens (including phenoxy) is 3. The Morgan fingerprint density at radius 3 is 2.39 bits per heavy atom. The van der Waals surface area contributed by atoms with Crippen molar-refractivity contribution in [2.45, 2.75) is 63.4 Å². The third-order valence-electron chi connectivity index (χ3n) is 7.64. The standard InChI is InChI=1S/C30H33NO5/c1-18-26(30(33)36-21-12-7-8-13-21)27(22-14-9-15-25(34-2)29(22)35-3)28-23(31-18)16-20(17-24(28)32)19-10-5-4-6-11-19/h4-6,9-11,14-15,20-21,27,31H,7-8,12-13,16-17H2,1-3H3/t20-,27-/m1/s1. The number of carbonyl (C=O) groups is 2. The van der Waals surface area contributed by atoms with Crippen LogP contribution < -0.4 is 14.8 Å². The van der Waals surface area contributed by atoms with Crippen molar-refractivity contribution >= 4 is 11.8 Å². The van der Waals surface area contributed by atoms with E-state index in [9.17, 15) is 9.59 Å². The number of nitrogens with one attached hydrogen (secondary N) is 1. The van der Waals surface area contributed by atoms with Crippen molar-refractivity contribution in [1.82, 2.24) is 5.32 Å². The van der Waals surface area contributed by atoms with Crippen LogP contribution in [0.3, 0.4) is 0 Å². The molecule has 0 radical (unpaired) electrons. The molecular formula is C30H33NO5. The smallest absolute Gasteiger partial charge is 0.337 e. The second-order valence-corrected chi connectivity index (χ2v) is 9.82. The summed E-state index contributed by atoms with van der Waals surface area (Å²) in [5.41, 5.74) is 4.55. The van der Waals surface area contributed by atoms with Crippen molar-refractivity contribution in [3.05, 3.63) is 82.2 Å². The van der Waals surface area contributed by atoms with Gasteiger partial charge in [-0.25, -0.2) is 4.79 Å². The fourth-order valence-corrected chi connectivity index (χ4v) is 5.94. The van der Waals surface area contributed by atoms with Crippen molar-refractivity contribution < 1.29 is 23.8 Å². The van der Waals surface area contributed by atoms with Crippen LogP contribution in [-0.2, 0) is 14.3 Å². The highest BCUT2D eigenvalue weighted by Gasteiger charge is 2.43. The Morgan fingerprint density at radius 2 is 1.69 bits per heavy atom. The van der Waals surface area contributed by atoms with Gasteiger partial charge in [-0.3, -0.25) is 4.79 Å². The molecule has 2 aromatic rings. The lowest BCUT2D eigenvalue weighted by Gasteiger charge is -2.37. The van der Waals surface area contributed by atoms with E-state index in [4.69, 9.17) is 14.2 Å². The number of Topliss-reactive ketones (excluding diaryl/α,β-unsaturated/α-hetero) is 1. The molecule has 36 heavy (non-hydrogen) atoms. The Labute approximate surface area is 212 Å². The average molecular weight is 488 g/mol. The number of hydrogen-bond donors (Lipinski definition) is 1. The third-order valence-corrected chi connectivity index (χ3v) is 7.64. The highest BCUT2D eigenvalue weighted by Crippen LogP contribution is 2.49. The summed E-state index contributed by atoms with van der Waals surface area (Å²) in [7, 11) is 3.17. The molecule has 0 saturated heterocycles. The van der Waals surface area contributed by atoms with Gasteiger partial charge in [-0.1, -0.05) is 42.5 Å². The average Bonchev–Trinajstić information content (AvgIpc) is 3.40. The zero-order chi connectivity index (χ0) is 25.2. The Hall–Kier alpha value is -3.54. The number of rotatable bonds is 6. The van der Waals surface area contributed by atoms with Crippen LogP contribution in [0.2, 0.25) is 0 Å². The van der Waals surface area contributed by atoms with Gasteiger partial charge in [0.15, 0.2) is 17.3 Å². The fraction of sp³-hybridized carbons (Fsp3) is 0.400. The minimum Gasteiger partial charge on any atom is -0.493 e. The molecule has 1 heterocycles. The molecule has 1 fully saturated rings. The topological polar surface area (TPSA) is 73.9 Å². The molecule has 0 aromatic heterocycles. The van der Waals surface area contributed by atoms with Gasteiger partial charge in [0, 0.05) is 29.0 Å². The number of para-hydroxylation sites is 1. The third kappa shape index (κ3) is 4.41. The summed E-state index contributed by atoms with van der Waals surface area (Å²) in [6, 6.07) is 15.7. The fourth-order valence-electron chi connectivity index (χ4n) is 5.94. The molecule has 6 heteroatoms. The molecule has 1 N–H and O–H groups in total. The summed E-state index contributed by atoms with van der Waals surface area (Å²) in [6.45, 7) is 1.89. The van der Waals surface area contributed by atoms with Gasteiger partial charge in [0.2, 0.25) is 0 Å². The molecule has 0 bridgehead atoms. The van der Waals surface area contributed by atoms with Gasteiger partial charge in [-0.15, -0.1) is 0 Å². The van der Waals surface area contributed by atoms with Crippen LogP contribution in [0.25, 0.3) is 0 Å². The number of ketones is 1. The second-order valence-electron chi connectivity index (χ2n) is 9.82. The Kier molecular flexibility index (Phi) is 6.86. The number of benzene rings is 2. The van der Waals surface area contributed by atoms with E-state index in [1.165, 1.54) is 0 Å². The Balaban J connectivity index is 1.61. The predicted molar refractivity (Wildman–Crippen MR) is 137 cm³/mol. The van der Waals surface area contributed by atoms with E-state index in [1.807, 2.05) is 43.3 Å². The van der Waals surface area contributed by atoms with Crippen molar-refractivity contribution in [2.24, 2.45) is 0 Å². The van der Waals surface area contributed by atoms with Crippen LogP contribution in [0.1, 0.15) is 68.4 Å². The molecule has 0 unspecified atom stereocenters. The lowest BCUT2D eigenvalue weighted by Crippen LogP contribution is -2.36. The molecule has 5 rings (SSSR count). The summed E-state index contributed by atoms with van der Waals surface area (Å²) in [5.74, 6) is 0.234. The first kappa shape index (κ1) is 24.2. The maximum atomic E-state index is 13.8. The zero-order valence-electron chi connectivity index (χ0n) is 21.1. The van der Waals surface area contributed by atoms with Crippen LogP contribution in [0, 0.1) is 0 Å². The zero-order valence-corrected chi connectivity index (χ0v) is 21.1. The minimum atomic E-state index is -0.593. The predicted octanol–water partition coefficient (Wildman–Crippen LogP) is 5.55. The van der Waals surface area contributed by atoms with E-state index in [1.54, 1.807) is 14.2 Å². The lowest BCUT2D eigenvalue weighted by molar-refractivity contribution is -0.144. The highest BCUT2D eigenvalue weighted by molar-refractivity contribution is 6.04. The molecule has 1 aliphatic heterocycles. The maximum absolute atomic E-state index is 13.8. The largest absolute Gasteiger partial charge is 0.493 e. The summed E-state index contributed by atoms with van der Waals surface area (Å²) >= 11 is 0. The molecule has 2 aromatic carbocycles. The van der Waals surface area contributed by atoms with Gasteiger partial charge in [0.05, 0.1) is 25.7 Å². The normalized spacial score (nSPS) is 22.2. The first-order valence-electron chi connectivity index (χ1n) is 12.7. The quantitative estimate of drug-likeness (QED) is 0.539. The molecule has 2 atom stereocenters. The van der Waals surface area contributed by atoms with Gasteiger partial charge in [0.1, 0.15) is 6.10 Å². The maximum Gasteiger partial charge on any atom is 0.337 e. The van der Waals surface area contributed by atoms with E-state index in [0.717, 1.165) is 42.5 Å². The SMILES string of the molecule is COc1cccc([C@@H]2C(C(=O)OC3CCCC3)=C(C)NC3=C2C(=O)C[C@H](c2ccccc2)C3)c1OC. The molecule has 2 aliphatic carbocycles. The van der Waals surface area contributed by atoms with Gasteiger partial charge >= 0.3 is 5.97 Å². The van der Waals surface area contributed by atoms with Crippen LogP contribution in [-0.4, -0.2) is 32.1 Å². The summed E-state index contributed by atoms with van der Waals surface area (Å²) in [5, 5.41) is 3.44. The lowest BCUT2D eigenvalue weighted by atomic mass is 9.71. The van der Waals surface area contributed by atoms with E-state index < -0.39 is 5.92 Å². The van der Waals surface area contributed by atoms with Gasteiger partial charge in [-0.2, -0.15) is 0 Å². The number of allylic oxidation sites excluding steroid dienone is 3. The number of methoxy groups -OCH3 is 2. The number of carbonyl (C=O) groups excluding carboxylic acids is 2. The second kappa shape index (κ2) is 10.2. The van der Waals surface area contributed by atoms with Crippen LogP contribution in [0.5, 0.6) is 11.5 Å². The molecule has 188 valence electrons. The number of esters is 1. The molecule has 3 aliphatic rings. The van der Waals surface area contributed by atoms with Crippen LogP contribution >= 0.6 is 0 Å². The first-order valence-corrected chi connectivity index (χ1v) is 12.7. The van der Waals surface area contributed by atoms with Crippen molar-refractivity contribution in [1.29, 1.82) is 0 Å². The van der Waals surface area contributed by atoms with E-state index in [2.05, 4.69) is 17.4 Å². The minimum absolute atomic E-state index is 0.0335. The van der Waals surface area contributed by atoms with Gasteiger partial charge < -0.3 is 19.5 Å². The molecule has 1 saturated carbocycles. The number of hydrogen-bond acceptors (Lipinski definition) is 6. The Morgan fingerprint density at radius 1 is 0.944 bits per heavy atom. The highest BCUT2D eigenvalue weighted by atomic mass is 16.5. The molecule has 0 amide bonds. The number of dihydropyridines is 1. The molecule has 0 spiro atoms. The summed E-state index contributed by atoms with van der Waals surface area (Å²) in [4.78, 5) is 27.5. The van der Waals surface area contributed by atoms with E-state index >= 15 is 0 Å². The van der Waals surface area contributed by atoms with Crippen LogP contribution in [0.4, 0.5) is 0 Å². The summed E-state index contributed by atoms with van der Waals surface area (Å²) < 4.78 is 17.3.